The van der Waals surface area contributed by atoms with Crippen LogP contribution in [0.4, 0.5) is 5.69 Å². The quantitative estimate of drug-likeness (QED) is 0.843. The monoisotopic (exact) mass is 386 g/mol. The van der Waals surface area contributed by atoms with E-state index in [1.54, 1.807) is 4.90 Å². The molecule has 0 atom stereocenters. The lowest BCUT2D eigenvalue weighted by atomic mass is 10.2. The molecule has 1 aromatic rings. The van der Waals surface area contributed by atoms with E-state index < -0.39 is 0 Å². The normalized spacial score (nSPS) is 14.7. The Kier molecular flexibility index (Phi) is 6.72. The van der Waals surface area contributed by atoms with Crippen LogP contribution in [-0.4, -0.2) is 54.5 Å². The first kappa shape index (κ1) is 17.3. The zero-order valence-corrected chi connectivity index (χ0v) is 14.8. The van der Waals surface area contributed by atoms with Crippen LogP contribution >= 0.6 is 27.7 Å². The Morgan fingerprint density at radius 2 is 2.05 bits per heavy atom. The Hall–Kier alpha value is -1.05. The van der Waals surface area contributed by atoms with Crippen molar-refractivity contribution in [3.63, 3.8) is 0 Å². The van der Waals surface area contributed by atoms with Crippen molar-refractivity contribution < 1.29 is 14.3 Å². The summed E-state index contributed by atoms with van der Waals surface area (Å²) in [7, 11) is 0. The van der Waals surface area contributed by atoms with Gasteiger partial charge < -0.3 is 15.0 Å². The first-order valence-electron chi connectivity index (χ1n) is 7.05. The standard InChI is InChI=1S/C15H19BrN2O3S/c1-11-2-3-12(16)8-13(11)17-14(19)9-22-10-15(20)18-4-6-21-7-5-18/h2-3,8H,4-7,9-10H2,1H3,(H,17,19). The van der Waals surface area contributed by atoms with E-state index in [4.69, 9.17) is 4.74 Å². The molecule has 0 aromatic heterocycles. The van der Waals surface area contributed by atoms with E-state index in [-0.39, 0.29) is 17.6 Å². The number of hydrogen-bond donors (Lipinski definition) is 1. The molecule has 1 heterocycles. The molecule has 1 saturated heterocycles. The van der Waals surface area contributed by atoms with Gasteiger partial charge in [0.15, 0.2) is 0 Å². The largest absolute Gasteiger partial charge is 0.378 e. The predicted molar refractivity (Wildman–Crippen MR) is 92.2 cm³/mol. The summed E-state index contributed by atoms with van der Waals surface area (Å²) in [5.41, 5.74) is 1.80. The predicted octanol–water partition coefficient (Wildman–Crippen LogP) is 2.29. The van der Waals surface area contributed by atoms with Crippen LogP contribution in [0, 0.1) is 6.92 Å². The molecular weight excluding hydrogens is 368 g/mol. The third kappa shape index (κ3) is 5.30. The van der Waals surface area contributed by atoms with Gasteiger partial charge in [-0.3, -0.25) is 9.59 Å². The summed E-state index contributed by atoms with van der Waals surface area (Å²) in [6.45, 7) is 4.42. The lowest BCUT2D eigenvalue weighted by Crippen LogP contribution is -2.41. The molecule has 5 nitrogen and oxygen atoms in total. The minimum atomic E-state index is -0.0963. The van der Waals surface area contributed by atoms with Gasteiger partial charge in [0.05, 0.1) is 24.7 Å². The molecule has 0 spiro atoms. The first-order valence-corrected chi connectivity index (χ1v) is 9.00. The summed E-state index contributed by atoms with van der Waals surface area (Å²) in [6.07, 6.45) is 0. The number of thioether (sulfide) groups is 1. The van der Waals surface area contributed by atoms with Crippen molar-refractivity contribution in [2.45, 2.75) is 6.92 Å². The number of rotatable bonds is 5. The number of amides is 2. The molecular formula is C15H19BrN2O3S. The highest BCUT2D eigenvalue weighted by Crippen LogP contribution is 2.20. The number of nitrogens with zero attached hydrogens (tertiary/aromatic N) is 1. The van der Waals surface area contributed by atoms with E-state index in [0.29, 0.717) is 32.1 Å². The molecule has 1 aliphatic rings. The maximum Gasteiger partial charge on any atom is 0.234 e. The molecule has 0 unspecified atom stereocenters. The fourth-order valence-corrected chi connectivity index (χ4v) is 3.13. The van der Waals surface area contributed by atoms with Gasteiger partial charge in [0, 0.05) is 23.2 Å². The fraction of sp³-hybridized carbons (Fsp3) is 0.467. The van der Waals surface area contributed by atoms with Gasteiger partial charge in [-0.2, -0.15) is 0 Å². The molecule has 2 amide bonds. The average molecular weight is 387 g/mol. The van der Waals surface area contributed by atoms with Crippen molar-refractivity contribution in [3.05, 3.63) is 28.2 Å². The van der Waals surface area contributed by atoms with E-state index in [1.807, 2.05) is 25.1 Å². The minimum absolute atomic E-state index is 0.0692. The van der Waals surface area contributed by atoms with Crippen LogP contribution < -0.4 is 5.32 Å². The number of morpholine rings is 1. The Bertz CT molecular complexity index is 548. The molecule has 1 aliphatic heterocycles. The van der Waals surface area contributed by atoms with Gasteiger partial charge in [0.25, 0.3) is 0 Å². The van der Waals surface area contributed by atoms with Crippen LogP contribution in [0.2, 0.25) is 0 Å². The van der Waals surface area contributed by atoms with Crippen molar-refractivity contribution in [3.8, 4) is 0 Å². The van der Waals surface area contributed by atoms with Gasteiger partial charge in [-0.1, -0.05) is 22.0 Å². The van der Waals surface area contributed by atoms with E-state index in [2.05, 4.69) is 21.2 Å². The van der Waals surface area contributed by atoms with Gasteiger partial charge in [0.1, 0.15) is 0 Å². The zero-order chi connectivity index (χ0) is 15.9. The van der Waals surface area contributed by atoms with Crippen molar-refractivity contribution in [2.24, 2.45) is 0 Å². The maximum absolute atomic E-state index is 11.9. The molecule has 1 N–H and O–H groups in total. The summed E-state index contributed by atoms with van der Waals surface area (Å²) < 4.78 is 6.13. The number of carbonyl (C=O) groups is 2. The molecule has 120 valence electrons. The number of hydrogen-bond acceptors (Lipinski definition) is 4. The van der Waals surface area contributed by atoms with Gasteiger partial charge >= 0.3 is 0 Å². The summed E-state index contributed by atoms with van der Waals surface area (Å²) in [5, 5.41) is 2.87. The number of benzene rings is 1. The van der Waals surface area contributed by atoms with Crippen LogP contribution in [0.25, 0.3) is 0 Å². The van der Waals surface area contributed by atoms with Crippen molar-refractivity contribution in [1.82, 2.24) is 4.90 Å². The highest BCUT2D eigenvalue weighted by atomic mass is 79.9. The third-order valence-corrected chi connectivity index (χ3v) is 4.71. The van der Waals surface area contributed by atoms with E-state index >= 15 is 0 Å². The zero-order valence-electron chi connectivity index (χ0n) is 12.4. The molecule has 0 saturated carbocycles. The molecule has 0 bridgehead atoms. The van der Waals surface area contributed by atoms with Crippen LogP contribution in [0.5, 0.6) is 0 Å². The van der Waals surface area contributed by atoms with Crippen molar-refractivity contribution in [1.29, 1.82) is 0 Å². The van der Waals surface area contributed by atoms with Gasteiger partial charge in [-0.25, -0.2) is 0 Å². The molecule has 1 aromatic carbocycles. The Labute approximate surface area is 142 Å². The van der Waals surface area contributed by atoms with Gasteiger partial charge in [-0.05, 0) is 24.6 Å². The number of anilines is 1. The molecule has 0 aliphatic carbocycles. The second kappa shape index (κ2) is 8.55. The molecule has 22 heavy (non-hydrogen) atoms. The third-order valence-electron chi connectivity index (χ3n) is 3.30. The van der Waals surface area contributed by atoms with E-state index in [9.17, 15) is 9.59 Å². The summed E-state index contributed by atoms with van der Waals surface area (Å²) >= 11 is 4.72. The smallest absolute Gasteiger partial charge is 0.234 e. The van der Waals surface area contributed by atoms with Gasteiger partial charge in [-0.15, -0.1) is 11.8 Å². The number of halogens is 1. The van der Waals surface area contributed by atoms with Crippen molar-refractivity contribution in [2.75, 3.05) is 43.1 Å². The number of carbonyl (C=O) groups excluding carboxylic acids is 2. The van der Waals surface area contributed by atoms with Gasteiger partial charge in [0.2, 0.25) is 11.8 Å². The average Bonchev–Trinajstić information content (AvgIpc) is 2.51. The van der Waals surface area contributed by atoms with Crippen LogP contribution in [0.15, 0.2) is 22.7 Å². The Morgan fingerprint density at radius 1 is 1.32 bits per heavy atom. The second-order valence-corrected chi connectivity index (χ2v) is 6.89. The fourth-order valence-electron chi connectivity index (χ4n) is 2.05. The number of nitrogens with one attached hydrogen (secondary N) is 1. The topological polar surface area (TPSA) is 58.6 Å². The van der Waals surface area contributed by atoms with E-state index in [0.717, 1.165) is 15.7 Å². The van der Waals surface area contributed by atoms with Crippen molar-refractivity contribution >= 4 is 45.2 Å². The summed E-state index contributed by atoms with van der Waals surface area (Å²) in [6, 6.07) is 5.74. The second-order valence-electron chi connectivity index (χ2n) is 4.99. The molecule has 0 radical (unpaired) electrons. The molecule has 7 heteroatoms. The highest BCUT2D eigenvalue weighted by Gasteiger charge is 2.17. The lowest BCUT2D eigenvalue weighted by molar-refractivity contribution is -0.132. The SMILES string of the molecule is Cc1ccc(Br)cc1NC(=O)CSCC(=O)N1CCOCC1. The Balaban J connectivity index is 1.73. The number of ether oxygens (including phenoxy) is 1. The lowest BCUT2D eigenvalue weighted by Gasteiger charge is -2.26. The van der Waals surface area contributed by atoms with Crippen LogP contribution in [0.3, 0.4) is 0 Å². The first-order chi connectivity index (χ1) is 10.6. The molecule has 1 fully saturated rings. The molecule has 2 rings (SSSR count). The van der Waals surface area contributed by atoms with E-state index in [1.165, 1.54) is 11.8 Å². The minimum Gasteiger partial charge on any atom is -0.378 e. The number of aryl methyl sites for hydroxylation is 1. The maximum atomic E-state index is 11.9. The Morgan fingerprint density at radius 3 is 2.77 bits per heavy atom. The summed E-state index contributed by atoms with van der Waals surface area (Å²) in [5.74, 6) is 0.563. The van der Waals surface area contributed by atoms with Crippen LogP contribution in [0.1, 0.15) is 5.56 Å². The highest BCUT2D eigenvalue weighted by molar-refractivity contribution is 9.10. The van der Waals surface area contributed by atoms with Crippen LogP contribution in [-0.2, 0) is 14.3 Å². The summed E-state index contributed by atoms with van der Waals surface area (Å²) in [4.78, 5) is 25.7.